The van der Waals surface area contributed by atoms with E-state index < -0.39 is 0 Å². The van der Waals surface area contributed by atoms with Crippen molar-refractivity contribution in [3.05, 3.63) is 75.6 Å². The normalized spacial score (nSPS) is 11.0. The molecule has 3 aromatic heterocycles. The Morgan fingerprint density at radius 2 is 2.04 bits per heavy atom. The number of aromatic nitrogens is 3. The summed E-state index contributed by atoms with van der Waals surface area (Å²) in [5, 5.41) is 8.97. The van der Waals surface area contributed by atoms with Crippen LogP contribution in [0.2, 0.25) is 0 Å². The zero-order valence-electron chi connectivity index (χ0n) is 15.9. The minimum atomic E-state index is -0.132. The van der Waals surface area contributed by atoms with Crippen LogP contribution in [0.15, 0.2) is 52.4 Å². The Kier molecular flexibility index (Phi) is 4.83. The van der Waals surface area contributed by atoms with Crippen LogP contribution in [0.3, 0.4) is 0 Å². The summed E-state index contributed by atoms with van der Waals surface area (Å²) in [7, 11) is 0. The summed E-state index contributed by atoms with van der Waals surface area (Å²) in [6, 6.07) is 13.5. The highest BCUT2D eigenvalue weighted by Gasteiger charge is 2.17. The summed E-state index contributed by atoms with van der Waals surface area (Å²) in [5.41, 5.74) is 4.17. The summed E-state index contributed by atoms with van der Waals surface area (Å²) >= 11 is 1.72. The molecule has 4 rings (SSSR count). The number of benzene rings is 1. The predicted molar refractivity (Wildman–Crippen MR) is 110 cm³/mol. The first-order chi connectivity index (χ1) is 13.5. The third-order valence-corrected chi connectivity index (χ3v) is 5.48. The van der Waals surface area contributed by atoms with Gasteiger partial charge >= 0.3 is 0 Å². The van der Waals surface area contributed by atoms with Crippen LogP contribution in [0.4, 0.5) is 5.69 Å². The highest BCUT2D eigenvalue weighted by Crippen LogP contribution is 2.23. The molecule has 1 aromatic carbocycles. The molecule has 1 amide bonds. The molecule has 142 valence electrons. The van der Waals surface area contributed by atoms with E-state index in [1.807, 2.05) is 50.2 Å². The molecule has 0 aliphatic carbocycles. The highest BCUT2D eigenvalue weighted by atomic mass is 32.1. The number of amides is 1. The summed E-state index contributed by atoms with van der Waals surface area (Å²) in [6.45, 7) is 6.52. The molecule has 0 aliphatic heterocycles. The Labute approximate surface area is 166 Å². The van der Waals surface area contributed by atoms with Crippen molar-refractivity contribution in [2.24, 2.45) is 0 Å². The van der Waals surface area contributed by atoms with Gasteiger partial charge in [-0.25, -0.2) is 0 Å². The highest BCUT2D eigenvalue weighted by molar-refractivity contribution is 7.09. The first kappa shape index (κ1) is 18.2. The van der Waals surface area contributed by atoms with Crippen LogP contribution < -0.4 is 5.32 Å². The number of thiophene rings is 1. The van der Waals surface area contributed by atoms with Gasteiger partial charge in [0.05, 0.1) is 12.1 Å². The number of anilines is 1. The van der Waals surface area contributed by atoms with Gasteiger partial charge in [-0.3, -0.25) is 4.79 Å². The van der Waals surface area contributed by atoms with Crippen molar-refractivity contribution < 1.29 is 9.32 Å². The molecule has 1 N–H and O–H groups in total. The Bertz CT molecular complexity index is 1130. The van der Waals surface area contributed by atoms with Gasteiger partial charge in [0.2, 0.25) is 11.7 Å². The van der Waals surface area contributed by atoms with Gasteiger partial charge in [0.1, 0.15) is 0 Å². The second-order valence-corrected chi connectivity index (χ2v) is 7.65. The maximum atomic E-state index is 12.9. The van der Waals surface area contributed by atoms with Gasteiger partial charge in [-0.1, -0.05) is 23.4 Å². The van der Waals surface area contributed by atoms with Crippen molar-refractivity contribution in [2.45, 2.75) is 27.3 Å². The maximum absolute atomic E-state index is 12.9. The third kappa shape index (κ3) is 3.61. The zero-order chi connectivity index (χ0) is 19.7. The molecule has 3 heterocycles. The van der Waals surface area contributed by atoms with Crippen LogP contribution >= 0.6 is 11.3 Å². The minimum Gasteiger partial charge on any atom is -0.343 e. The average molecular weight is 392 g/mol. The molecule has 0 saturated heterocycles. The molecular formula is C21H20N4O2S. The molecule has 0 bridgehead atoms. The molecule has 4 aromatic rings. The van der Waals surface area contributed by atoms with Gasteiger partial charge in [0.25, 0.3) is 5.91 Å². The van der Waals surface area contributed by atoms with Crippen molar-refractivity contribution in [1.82, 2.24) is 14.7 Å². The summed E-state index contributed by atoms with van der Waals surface area (Å²) < 4.78 is 7.20. The average Bonchev–Trinajstić information content (AvgIpc) is 3.40. The van der Waals surface area contributed by atoms with Gasteiger partial charge < -0.3 is 14.4 Å². The maximum Gasteiger partial charge on any atom is 0.257 e. The van der Waals surface area contributed by atoms with Crippen LogP contribution in [-0.4, -0.2) is 20.6 Å². The molecule has 7 heteroatoms. The molecule has 0 radical (unpaired) electrons. The lowest BCUT2D eigenvalue weighted by Crippen LogP contribution is -2.13. The molecule has 6 nitrogen and oxygen atoms in total. The number of hydrogen-bond acceptors (Lipinski definition) is 5. The Morgan fingerprint density at radius 3 is 2.75 bits per heavy atom. The molecular weight excluding hydrogens is 372 g/mol. The minimum absolute atomic E-state index is 0.132. The van der Waals surface area contributed by atoms with E-state index in [0.717, 1.165) is 23.5 Å². The van der Waals surface area contributed by atoms with E-state index >= 15 is 0 Å². The second-order valence-electron chi connectivity index (χ2n) is 6.62. The first-order valence-corrected chi connectivity index (χ1v) is 9.80. The van der Waals surface area contributed by atoms with Crippen LogP contribution in [0.1, 0.15) is 32.5 Å². The van der Waals surface area contributed by atoms with E-state index in [4.69, 9.17) is 4.52 Å². The molecule has 0 spiro atoms. The number of carbonyl (C=O) groups is 1. The number of rotatable bonds is 5. The number of nitrogens with one attached hydrogen (secondary N) is 1. The Morgan fingerprint density at radius 1 is 1.18 bits per heavy atom. The van der Waals surface area contributed by atoms with Crippen molar-refractivity contribution >= 4 is 22.9 Å². The van der Waals surface area contributed by atoms with Crippen LogP contribution in [-0.2, 0) is 6.54 Å². The Hall–Kier alpha value is -3.19. The lowest BCUT2D eigenvalue weighted by atomic mass is 10.1. The van der Waals surface area contributed by atoms with E-state index in [-0.39, 0.29) is 5.91 Å². The van der Waals surface area contributed by atoms with E-state index in [2.05, 4.69) is 31.5 Å². The van der Waals surface area contributed by atoms with E-state index in [0.29, 0.717) is 23.0 Å². The molecule has 0 saturated carbocycles. The monoisotopic (exact) mass is 392 g/mol. The number of aryl methyl sites for hydroxylation is 2. The van der Waals surface area contributed by atoms with Gasteiger partial charge in [-0.05, 0) is 43.5 Å². The fourth-order valence-electron chi connectivity index (χ4n) is 3.18. The van der Waals surface area contributed by atoms with Crippen molar-refractivity contribution in [3.63, 3.8) is 0 Å². The van der Waals surface area contributed by atoms with Gasteiger partial charge in [-0.15, -0.1) is 11.3 Å². The number of hydrogen-bond donors (Lipinski definition) is 1. The fraction of sp³-hybridized carbons (Fsp3) is 0.190. The summed E-state index contributed by atoms with van der Waals surface area (Å²) in [5.74, 6) is 0.873. The van der Waals surface area contributed by atoms with Gasteiger partial charge in [0, 0.05) is 34.4 Å². The van der Waals surface area contributed by atoms with Crippen LogP contribution in [0.25, 0.3) is 11.4 Å². The summed E-state index contributed by atoms with van der Waals surface area (Å²) in [4.78, 5) is 18.4. The zero-order valence-corrected chi connectivity index (χ0v) is 16.7. The van der Waals surface area contributed by atoms with Crippen molar-refractivity contribution in [3.8, 4) is 11.4 Å². The van der Waals surface area contributed by atoms with Crippen LogP contribution in [0, 0.1) is 20.8 Å². The SMILES string of the molecule is Cc1nc(-c2cccc(NC(=O)c3cc(C)n(Cc4cccs4)c3C)c2)no1. The van der Waals surface area contributed by atoms with E-state index in [1.165, 1.54) is 4.88 Å². The molecule has 0 atom stereocenters. The van der Waals surface area contributed by atoms with E-state index in [9.17, 15) is 4.79 Å². The quantitative estimate of drug-likeness (QED) is 0.528. The van der Waals surface area contributed by atoms with Crippen molar-refractivity contribution in [2.75, 3.05) is 5.32 Å². The van der Waals surface area contributed by atoms with E-state index in [1.54, 1.807) is 18.3 Å². The van der Waals surface area contributed by atoms with Crippen LogP contribution in [0.5, 0.6) is 0 Å². The second kappa shape index (κ2) is 7.44. The lowest BCUT2D eigenvalue weighted by molar-refractivity contribution is 0.102. The summed E-state index contributed by atoms with van der Waals surface area (Å²) in [6.07, 6.45) is 0. The first-order valence-electron chi connectivity index (χ1n) is 8.92. The smallest absolute Gasteiger partial charge is 0.257 e. The molecule has 28 heavy (non-hydrogen) atoms. The van der Waals surface area contributed by atoms with Gasteiger partial charge in [0.15, 0.2) is 0 Å². The predicted octanol–water partition coefficient (Wildman–Crippen LogP) is 4.83. The largest absolute Gasteiger partial charge is 0.343 e. The Balaban J connectivity index is 1.56. The topological polar surface area (TPSA) is 73.0 Å². The van der Waals surface area contributed by atoms with Gasteiger partial charge in [-0.2, -0.15) is 4.98 Å². The fourth-order valence-corrected chi connectivity index (χ4v) is 3.88. The number of nitrogens with zero attached hydrogens (tertiary/aromatic N) is 3. The van der Waals surface area contributed by atoms with Crippen molar-refractivity contribution in [1.29, 1.82) is 0 Å². The number of carbonyl (C=O) groups excluding carboxylic acids is 1. The lowest BCUT2D eigenvalue weighted by Gasteiger charge is -2.09. The third-order valence-electron chi connectivity index (χ3n) is 4.62. The molecule has 0 fully saturated rings. The molecule has 0 aliphatic rings. The standard InChI is InChI=1S/C21H20N4O2S/c1-13-10-19(14(2)25(13)12-18-8-5-9-28-18)21(26)23-17-7-4-6-16(11-17)20-22-15(3)27-24-20/h4-11H,12H2,1-3H3,(H,23,26). The molecule has 0 unspecified atom stereocenters.